The van der Waals surface area contributed by atoms with E-state index in [1.807, 2.05) is 55.6 Å². The molecule has 1 aliphatic rings. The Kier molecular flexibility index (Phi) is 5.99. The molecule has 1 fully saturated rings. The summed E-state index contributed by atoms with van der Waals surface area (Å²) < 4.78 is 5.20. The highest BCUT2D eigenvalue weighted by Gasteiger charge is 2.29. The number of aromatic nitrogens is 2. The Morgan fingerprint density at radius 1 is 1.06 bits per heavy atom. The zero-order valence-electron chi connectivity index (χ0n) is 17.5. The first kappa shape index (κ1) is 20.6. The zero-order chi connectivity index (χ0) is 21.8. The molecule has 1 unspecified atom stereocenters. The summed E-state index contributed by atoms with van der Waals surface area (Å²) in [6.45, 7) is 1.61. The van der Waals surface area contributed by atoms with Crippen molar-refractivity contribution in [3.8, 4) is 16.9 Å². The van der Waals surface area contributed by atoms with Crippen LogP contribution in [0.4, 0.5) is 16.4 Å². The number of rotatable bonds is 5. The van der Waals surface area contributed by atoms with Gasteiger partial charge in [0.25, 0.3) is 0 Å². The lowest BCUT2D eigenvalue weighted by atomic mass is 10.0. The van der Waals surface area contributed by atoms with Gasteiger partial charge in [0.15, 0.2) is 0 Å². The monoisotopic (exact) mass is 419 g/mol. The second-order valence-corrected chi connectivity index (χ2v) is 7.46. The van der Waals surface area contributed by atoms with Gasteiger partial charge in [-0.05, 0) is 36.4 Å². The van der Waals surface area contributed by atoms with Crippen molar-refractivity contribution in [2.24, 2.45) is 0 Å². The molecule has 4 rings (SSSR count). The zero-order valence-corrected chi connectivity index (χ0v) is 17.5. The Labute approximate surface area is 181 Å². The molecule has 160 valence electrons. The number of carboxylic acid groups (broad SMARTS) is 1. The molecule has 0 aliphatic carbocycles. The van der Waals surface area contributed by atoms with Crippen LogP contribution in [0.5, 0.6) is 5.75 Å². The van der Waals surface area contributed by atoms with Crippen LogP contribution in [-0.2, 0) is 0 Å². The highest BCUT2D eigenvalue weighted by Crippen LogP contribution is 2.31. The number of piperazine rings is 1. The number of carbonyl (C=O) groups is 1. The lowest BCUT2D eigenvalue weighted by Crippen LogP contribution is -2.48. The summed E-state index contributed by atoms with van der Waals surface area (Å²) in [5.74, 6) is 1.28. The fraction of sp³-hybridized carbons (Fsp3) is 0.261. The Morgan fingerprint density at radius 2 is 1.77 bits per heavy atom. The van der Waals surface area contributed by atoms with E-state index >= 15 is 0 Å². The molecular formula is C23H25N5O3. The first-order valence-corrected chi connectivity index (χ1v) is 10.1. The molecule has 1 amide bonds. The number of hydrogen-bond acceptors (Lipinski definition) is 6. The van der Waals surface area contributed by atoms with Crippen LogP contribution >= 0.6 is 0 Å². The molecule has 0 radical (unpaired) electrons. The van der Waals surface area contributed by atoms with Gasteiger partial charge in [0.05, 0.1) is 13.2 Å². The van der Waals surface area contributed by atoms with E-state index in [0.29, 0.717) is 25.6 Å². The summed E-state index contributed by atoms with van der Waals surface area (Å²) in [7, 11) is 3.65. The van der Waals surface area contributed by atoms with Crippen LogP contribution in [0.2, 0.25) is 0 Å². The normalized spacial score (nSPS) is 16.7. The number of amides is 1. The number of nitrogens with zero attached hydrogens (tertiary/aromatic N) is 4. The van der Waals surface area contributed by atoms with Gasteiger partial charge in [-0.2, -0.15) is 0 Å². The van der Waals surface area contributed by atoms with Crippen molar-refractivity contribution in [1.82, 2.24) is 19.8 Å². The van der Waals surface area contributed by atoms with Gasteiger partial charge in [-0.1, -0.05) is 30.3 Å². The number of ether oxygens (including phenoxy) is 1. The van der Waals surface area contributed by atoms with E-state index in [9.17, 15) is 9.90 Å². The van der Waals surface area contributed by atoms with E-state index in [4.69, 9.17) is 4.74 Å². The molecule has 0 saturated carbocycles. The third kappa shape index (κ3) is 4.59. The van der Waals surface area contributed by atoms with E-state index in [-0.39, 0.29) is 6.04 Å². The van der Waals surface area contributed by atoms with Gasteiger partial charge in [0, 0.05) is 43.3 Å². The maximum atomic E-state index is 11.5. The van der Waals surface area contributed by atoms with Crippen LogP contribution in [0, 0.1) is 0 Å². The molecule has 0 bridgehead atoms. The molecule has 2 aromatic carbocycles. The van der Waals surface area contributed by atoms with Crippen molar-refractivity contribution in [2.45, 2.75) is 6.04 Å². The molecule has 1 aromatic heterocycles. The molecule has 8 heteroatoms. The Balaban J connectivity index is 1.54. The SMILES string of the molecule is COc1ccc(-c2cnc(Nc3ccccc3C3CN(C(=O)O)CCN3C)nc2)cc1. The van der Waals surface area contributed by atoms with Crippen molar-refractivity contribution >= 4 is 17.7 Å². The molecule has 2 N–H and O–H groups in total. The summed E-state index contributed by atoms with van der Waals surface area (Å²) in [5, 5.41) is 12.7. The number of nitrogens with one attached hydrogen (secondary N) is 1. The summed E-state index contributed by atoms with van der Waals surface area (Å²) in [6.07, 6.45) is 2.66. The molecule has 0 spiro atoms. The van der Waals surface area contributed by atoms with E-state index < -0.39 is 6.09 Å². The first-order valence-electron chi connectivity index (χ1n) is 10.1. The van der Waals surface area contributed by atoms with Crippen LogP contribution in [0.3, 0.4) is 0 Å². The van der Waals surface area contributed by atoms with Gasteiger partial charge in [0.1, 0.15) is 5.75 Å². The van der Waals surface area contributed by atoms with Crippen LogP contribution in [-0.4, -0.2) is 64.8 Å². The van der Waals surface area contributed by atoms with Gasteiger partial charge >= 0.3 is 6.09 Å². The van der Waals surface area contributed by atoms with Crippen LogP contribution in [0.15, 0.2) is 60.9 Å². The second-order valence-electron chi connectivity index (χ2n) is 7.46. The highest BCUT2D eigenvalue weighted by molar-refractivity contribution is 5.66. The molecule has 1 aliphatic heterocycles. The molecular weight excluding hydrogens is 394 g/mol. The van der Waals surface area contributed by atoms with Gasteiger partial charge in [0.2, 0.25) is 5.95 Å². The molecule has 31 heavy (non-hydrogen) atoms. The predicted molar refractivity (Wildman–Crippen MR) is 119 cm³/mol. The van der Waals surface area contributed by atoms with E-state index in [1.54, 1.807) is 19.5 Å². The lowest BCUT2D eigenvalue weighted by Gasteiger charge is -2.39. The number of benzene rings is 2. The first-order chi connectivity index (χ1) is 15.0. The number of methoxy groups -OCH3 is 1. The minimum absolute atomic E-state index is 0.0490. The maximum absolute atomic E-state index is 11.5. The third-order valence-corrected chi connectivity index (χ3v) is 5.56. The smallest absolute Gasteiger partial charge is 0.407 e. The summed E-state index contributed by atoms with van der Waals surface area (Å²) >= 11 is 0. The van der Waals surface area contributed by atoms with Crippen LogP contribution < -0.4 is 10.1 Å². The highest BCUT2D eigenvalue weighted by atomic mass is 16.5. The fourth-order valence-corrected chi connectivity index (χ4v) is 3.73. The topological polar surface area (TPSA) is 90.8 Å². The molecule has 2 heterocycles. The second kappa shape index (κ2) is 9.01. The van der Waals surface area contributed by atoms with Crippen molar-refractivity contribution < 1.29 is 14.6 Å². The van der Waals surface area contributed by atoms with E-state index in [0.717, 1.165) is 28.1 Å². The standard InChI is InChI=1S/C23H25N5O3/c1-27-11-12-28(23(29)30)15-21(27)19-5-3-4-6-20(19)26-22-24-13-17(14-25-22)16-7-9-18(31-2)10-8-16/h3-10,13-14,21H,11-12,15H2,1-2H3,(H,29,30)(H,24,25,26). The summed E-state index contributed by atoms with van der Waals surface area (Å²) in [6, 6.07) is 15.6. The third-order valence-electron chi connectivity index (χ3n) is 5.56. The van der Waals surface area contributed by atoms with Crippen molar-refractivity contribution in [1.29, 1.82) is 0 Å². The Bertz CT molecular complexity index is 1040. The number of likely N-dealkylation sites (N-methyl/N-ethyl adjacent to an activating group) is 1. The minimum atomic E-state index is -0.888. The maximum Gasteiger partial charge on any atom is 0.407 e. The summed E-state index contributed by atoms with van der Waals surface area (Å²) in [4.78, 5) is 24.0. The van der Waals surface area contributed by atoms with Crippen molar-refractivity contribution in [2.75, 3.05) is 39.1 Å². The quantitative estimate of drug-likeness (QED) is 0.649. The van der Waals surface area contributed by atoms with Crippen LogP contribution in [0.25, 0.3) is 11.1 Å². The molecule has 1 atom stereocenters. The summed E-state index contributed by atoms with van der Waals surface area (Å²) in [5.41, 5.74) is 3.79. The van der Waals surface area contributed by atoms with Gasteiger partial charge < -0.3 is 20.1 Å². The lowest BCUT2D eigenvalue weighted by molar-refractivity contribution is 0.0834. The predicted octanol–water partition coefficient (Wildman–Crippen LogP) is 3.86. The largest absolute Gasteiger partial charge is 0.497 e. The number of anilines is 2. The number of hydrogen-bond donors (Lipinski definition) is 2. The average molecular weight is 419 g/mol. The average Bonchev–Trinajstić information content (AvgIpc) is 2.80. The fourth-order valence-electron chi connectivity index (χ4n) is 3.73. The van der Waals surface area contributed by atoms with Crippen molar-refractivity contribution in [3.63, 3.8) is 0 Å². The van der Waals surface area contributed by atoms with Gasteiger partial charge in [-0.3, -0.25) is 4.90 Å². The molecule has 8 nitrogen and oxygen atoms in total. The Hall–Kier alpha value is -3.65. The Morgan fingerprint density at radius 3 is 2.45 bits per heavy atom. The van der Waals surface area contributed by atoms with Gasteiger partial charge in [-0.15, -0.1) is 0 Å². The number of para-hydroxylation sites is 1. The van der Waals surface area contributed by atoms with Crippen LogP contribution in [0.1, 0.15) is 11.6 Å². The van der Waals surface area contributed by atoms with E-state index in [1.165, 1.54) is 4.90 Å². The van der Waals surface area contributed by atoms with E-state index in [2.05, 4.69) is 20.2 Å². The minimum Gasteiger partial charge on any atom is -0.497 e. The van der Waals surface area contributed by atoms with Gasteiger partial charge in [-0.25, -0.2) is 14.8 Å². The van der Waals surface area contributed by atoms with Crippen molar-refractivity contribution in [3.05, 3.63) is 66.5 Å². The molecule has 1 saturated heterocycles. The molecule has 3 aromatic rings.